The van der Waals surface area contributed by atoms with Gasteiger partial charge in [-0.2, -0.15) is 0 Å². The molecule has 0 unspecified atom stereocenters. The lowest BCUT2D eigenvalue weighted by atomic mass is 10.2. The van der Waals surface area contributed by atoms with Gasteiger partial charge in [0.2, 0.25) is 5.91 Å². The Morgan fingerprint density at radius 3 is 2.62 bits per heavy atom. The summed E-state index contributed by atoms with van der Waals surface area (Å²) < 4.78 is 27.4. The highest BCUT2D eigenvalue weighted by atomic mass is 35.5. The zero-order valence-corrected chi connectivity index (χ0v) is 15.4. The van der Waals surface area contributed by atoms with E-state index in [-0.39, 0.29) is 39.9 Å². The van der Waals surface area contributed by atoms with Crippen LogP contribution < -0.4 is 10.0 Å². The number of hydrogen-bond donors (Lipinski definition) is 2. The average Bonchev–Trinajstić information content (AvgIpc) is 2.86. The third-order valence-electron chi connectivity index (χ3n) is 3.53. The van der Waals surface area contributed by atoms with Crippen LogP contribution >= 0.6 is 23.2 Å². The van der Waals surface area contributed by atoms with E-state index in [9.17, 15) is 18.0 Å². The van der Waals surface area contributed by atoms with Gasteiger partial charge in [0.25, 0.3) is 10.0 Å². The number of hydrogen-bond acceptors (Lipinski definition) is 5. The van der Waals surface area contributed by atoms with Gasteiger partial charge in [0.05, 0.1) is 13.1 Å². The van der Waals surface area contributed by atoms with E-state index in [4.69, 9.17) is 23.2 Å². The molecule has 0 atom stereocenters. The van der Waals surface area contributed by atoms with Crippen LogP contribution in [0, 0.1) is 0 Å². The molecule has 2 aromatic rings. The molecule has 0 radical (unpaired) electrons. The SMILES string of the molecule is O=C1CNC(=O)N1Cc1cccc(NS(=O)(=O)c2ccc(Cl)nc2Cl)c1. The first-order valence-corrected chi connectivity index (χ1v) is 9.52. The van der Waals surface area contributed by atoms with Crippen molar-refractivity contribution in [3.8, 4) is 0 Å². The Labute approximate surface area is 159 Å². The van der Waals surface area contributed by atoms with Crippen molar-refractivity contribution >= 4 is 50.9 Å². The predicted molar refractivity (Wildman–Crippen MR) is 95.5 cm³/mol. The number of benzene rings is 1. The van der Waals surface area contributed by atoms with Gasteiger partial charge in [-0.15, -0.1) is 0 Å². The first-order chi connectivity index (χ1) is 12.3. The van der Waals surface area contributed by atoms with E-state index in [1.54, 1.807) is 12.1 Å². The molecule has 1 fully saturated rings. The number of pyridine rings is 1. The number of rotatable bonds is 5. The first kappa shape index (κ1) is 18.4. The molecule has 3 amide bonds. The maximum Gasteiger partial charge on any atom is 0.324 e. The number of imide groups is 1. The third kappa shape index (κ3) is 3.90. The zero-order chi connectivity index (χ0) is 18.9. The summed E-state index contributed by atoms with van der Waals surface area (Å²) in [5, 5.41) is 2.24. The fraction of sp³-hybridized carbons (Fsp3) is 0.133. The molecule has 0 bridgehead atoms. The molecular weight excluding hydrogens is 403 g/mol. The van der Waals surface area contributed by atoms with Crippen molar-refractivity contribution in [2.24, 2.45) is 0 Å². The second-order valence-corrected chi connectivity index (χ2v) is 7.76. The van der Waals surface area contributed by atoms with Gasteiger partial charge in [0, 0.05) is 5.69 Å². The highest BCUT2D eigenvalue weighted by Crippen LogP contribution is 2.24. The first-order valence-electron chi connectivity index (χ1n) is 7.28. The molecule has 1 aliphatic rings. The van der Waals surface area contributed by atoms with Crippen molar-refractivity contribution in [3.05, 3.63) is 52.3 Å². The summed E-state index contributed by atoms with van der Waals surface area (Å²) in [6.07, 6.45) is 0. The normalized spacial score (nSPS) is 14.5. The van der Waals surface area contributed by atoms with Crippen LogP contribution in [0.15, 0.2) is 41.3 Å². The molecule has 11 heteroatoms. The maximum absolute atomic E-state index is 12.5. The van der Waals surface area contributed by atoms with Crippen LogP contribution in [0.3, 0.4) is 0 Å². The lowest BCUT2D eigenvalue weighted by Gasteiger charge is -2.14. The summed E-state index contributed by atoms with van der Waals surface area (Å²) in [6.45, 7) is -0.0172. The summed E-state index contributed by atoms with van der Waals surface area (Å²) in [5.74, 6) is -0.347. The number of aromatic nitrogens is 1. The minimum Gasteiger partial charge on any atom is -0.329 e. The number of nitrogens with zero attached hydrogens (tertiary/aromatic N) is 2. The van der Waals surface area contributed by atoms with E-state index in [2.05, 4.69) is 15.0 Å². The van der Waals surface area contributed by atoms with Gasteiger partial charge in [-0.1, -0.05) is 35.3 Å². The van der Waals surface area contributed by atoms with Crippen molar-refractivity contribution in [1.82, 2.24) is 15.2 Å². The summed E-state index contributed by atoms with van der Waals surface area (Å²) in [5.41, 5.74) is 0.830. The van der Waals surface area contributed by atoms with E-state index in [0.717, 1.165) is 4.90 Å². The lowest BCUT2D eigenvalue weighted by Crippen LogP contribution is -2.30. The Bertz CT molecular complexity index is 981. The average molecular weight is 415 g/mol. The number of carbonyl (C=O) groups excluding carboxylic acids is 2. The van der Waals surface area contributed by atoms with Crippen LogP contribution in [0.1, 0.15) is 5.56 Å². The summed E-state index contributed by atoms with van der Waals surface area (Å²) in [4.78, 5) is 27.8. The van der Waals surface area contributed by atoms with Crippen LogP contribution in [0.5, 0.6) is 0 Å². The lowest BCUT2D eigenvalue weighted by molar-refractivity contribution is -0.125. The summed E-state index contributed by atoms with van der Waals surface area (Å²) >= 11 is 11.5. The maximum atomic E-state index is 12.5. The Hall–Kier alpha value is -2.36. The Morgan fingerprint density at radius 1 is 1.19 bits per heavy atom. The van der Waals surface area contributed by atoms with Crippen molar-refractivity contribution in [3.63, 3.8) is 0 Å². The number of anilines is 1. The van der Waals surface area contributed by atoms with Gasteiger partial charge in [0.15, 0.2) is 5.15 Å². The Morgan fingerprint density at radius 2 is 1.96 bits per heavy atom. The molecule has 1 aromatic heterocycles. The number of sulfonamides is 1. The van der Waals surface area contributed by atoms with Crippen LogP contribution in [0.2, 0.25) is 10.3 Å². The highest BCUT2D eigenvalue weighted by Gasteiger charge is 2.28. The molecule has 1 aliphatic heterocycles. The third-order valence-corrected chi connectivity index (χ3v) is 5.55. The van der Waals surface area contributed by atoms with E-state index < -0.39 is 16.1 Å². The van der Waals surface area contributed by atoms with Gasteiger partial charge >= 0.3 is 6.03 Å². The molecule has 1 aromatic carbocycles. The van der Waals surface area contributed by atoms with Crippen molar-refractivity contribution in [2.75, 3.05) is 11.3 Å². The topological polar surface area (TPSA) is 108 Å². The van der Waals surface area contributed by atoms with Gasteiger partial charge in [-0.25, -0.2) is 18.2 Å². The zero-order valence-electron chi connectivity index (χ0n) is 13.1. The molecule has 8 nitrogen and oxygen atoms in total. The molecule has 0 aliphatic carbocycles. The second kappa shape index (κ2) is 7.10. The minimum absolute atomic E-state index is 0.0312. The van der Waals surface area contributed by atoms with E-state index >= 15 is 0 Å². The minimum atomic E-state index is -3.99. The fourth-order valence-electron chi connectivity index (χ4n) is 2.34. The molecule has 26 heavy (non-hydrogen) atoms. The number of halogens is 2. The summed E-state index contributed by atoms with van der Waals surface area (Å²) in [7, 11) is -3.99. The van der Waals surface area contributed by atoms with Crippen LogP contribution in [-0.2, 0) is 21.4 Å². The van der Waals surface area contributed by atoms with Crippen LogP contribution in [0.25, 0.3) is 0 Å². The van der Waals surface area contributed by atoms with Gasteiger partial charge < -0.3 is 5.32 Å². The van der Waals surface area contributed by atoms with Gasteiger partial charge in [-0.05, 0) is 29.8 Å². The van der Waals surface area contributed by atoms with Crippen molar-refractivity contribution < 1.29 is 18.0 Å². The Balaban J connectivity index is 1.82. The predicted octanol–water partition coefficient (Wildman–Crippen LogP) is 2.24. The molecule has 0 spiro atoms. The summed E-state index contributed by atoms with van der Waals surface area (Å²) in [6, 6.07) is 8.41. The number of nitrogens with one attached hydrogen (secondary N) is 2. The molecule has 3 rings (SSSR count). The monoisotopic (exact) mass is 414 g/mol. The number of carbonyl (C=O) groups is 2. The van der Waals surface area contributed by atoms with Gasteiger partial charge in [0.1, 0.15) is 10.0 Å². The molecule has 2 heterocycles. The van der Waals surface area contributed by atoms with E-state index in [1.807, 2.05) is 0 Å². The van der Waals surface area contributed by atoms with E-state index in [1.165, 1.54) is 24.3 Å². The van der Waals surface area contributed by atoms with Gasteiger partial charge in [-0.3, -0.25) is 14.4 Å². The second-order valence-electron chi connectivity index (χ2n) is 5.37. The van der Waals surface area contributed by atoms with Crippen molar-refractivity contribution in [2.45, 2.75) is 11.4 Å². The van der Waals surface area contributed by atoms with Crippen LogP contribution in [-0.4, -0.2) is 36.8 Å². The molecule has 0 saturated carbocycles. The molecule has 136 valence electrons. The highest BCUT2D eigenvalue weighted by molar-refractivity contribution is 7.92. The molecule has 2 N–H and O–H groups in total. The fourth-order valence-corrected chi connectivity index (χ4v) is 4.05. The number of amides is 3. The smallest absolute Gasteiger partial charge is 0.324 e. The van der Waals surface area contributed by atoms with E-state index in [0.29, 0.717) is 5.56 Å². The largest absolute Gasteiger partial charge is 0.329 e. The van der Waals surface area contributed by atoms with Crippen LogP contribution in [0.4, 0.5) is 10.5 Å². The standard InChI is InChI=1S/C15H12Cl2N4O4S/c16-12-5-4-11(14(17)19-12)26(24,25)20-10-3-1-2-9(6-10)8-21-13(22)7-18-15(21)23/h1-6,20H,7-8H2,(H,18,23). The Kier molecular flexibility index (Phi) is 5.03. The van der Waals surface area contributed by atoms with Crippen molar-refractivity contribution in [1.29, 1.82) is 0 Å². The number of urea groups is 1. The quantitative estimate of drug-likeness (QED) is 0.575. The molecule has 1 saturated heterocycles. The molecular formula is C15H12Cl2N4O4S.